The number of benzene rings is 1. The second kappa shape index (κ2) is 6.83. The van der Waals surface area contributed by atoms with Gasteiger partial charge in [-0.1, -0.05) is 19.1 Å². The molecule has 1 aromatic carbocycles. The van der Waals surface area contributed by atoms with E-state index in [1.165, 1.54) is 5.69 Å². The van der Waals surface area contributed by atoms with E-state index in [1.54, 1.807) is 0 Å². The van der Waals surface area contributed by atoms with Crippen molar-refractivity contribution in [2.24, 2.45) is 5.92 Å². The number of hydrogen-bond donors (Lipinski definition) is 1. The third kappa shape index (κ3) is 3.03. The smallest absolute Gasteiger partial charge is 0.226 e. The highest BCUT2D eigenvalue weighted by Gasteiger charge is 2.38. The summed E-state index contributed by atoms with van der Waals surface area (Å²) >= 11 is 0. The van der Waals surface area contributed by atoms with Crippen LogP contribution in [0.15, 0.2) is 35.5 Å². The van der Waals surface area contributed by atoms with Gasteiger partial charge in [-0.3, -0.25) is 4.79 Å². The van der Waals surface area contributed by atoms with Crippen molar-refractivity contribution >= 4 is 17.4 Å². The zero-order valence-corrected chi connectivity index (χ0v) is 16.5. The van der Waals surface area contributed by atoms with Crippen LogP contribution < -0.4 is 10.2 Å². The molecule has 0 radical (unpaired) electrons. The van der Waals surface area contributed by atoms with E-state index < -0.39 is 0 Å². The van der Waals surface area contributed by atoms with Gasteiger partial charge in [0.15, 0.2) is 5.78 Å². The van der Waals surface area contributed by atoms with Crippen molar-refractivity contribution in [2.75, 3.05) is 23.3 Å². The van der Waals surface area contributed by atoms with Gasteiger partial charge < -0.3 is 10.2 Å². The van der Waals surface area contributed by atoms with Gasteiger partial charge in [0.1, 0.15) is 11.9 Å². The molecule has 6 heteroatoms. The van der Waals surface area contributed by atoms with Crippen LogP contribution in [0.2, 0.25) is 0 Å². The summed E-state index contributed by atoms with van der Waals surface area (Å²) in [4.78, 5) is 19.8. The number of aromatic nitrogens is 3. The number of allylic oxidation sites excluding steroid dienone is 2. The molecule has 0 fully saturated rings. The standard InChI is InChI=1S/C21H27N5O/c1-5-25(6-2)16-9-7-15(8-10-16)20-19-17(11-13(3)12-18(19)27)23-21-22-14(4)24-26(20)21/h7-10,13,20H,5-6,11-12H2,1-4H3,(H,22,23,24)/t13-,20+/m1/s1. The summed E-state index contributed by atoms with van der Waals surface area (Å²) in [5.74, 6) is 2.01. The molecule has 1 N–H and O–H groups in total. The molecule has 6 nitrogen and oxygen atoms in total. The van der Waals surface area contributed by atoms with E-state index in [1.807, 2.05) is 11.6 Å². The highest BCUT2D eigenvalue weighted by Crippen LogP contribution is 2.41. The van der Waals surface area contributed by atoms with Crippen LogP contribution in [0.25, 0.3) is 0 Å². The number of ketones is 1. The number of anilines is 2. The Kier molecular flexibility index (Phi) is 4.50. The Hall–Kier alpha value is -2.63. The maximum Gasteiger partial charge on any atom is 0.226 e. The summed E-state index contributed by atoms with van der Waals surface area (Å²) in [6.07, 6.45) is 1.47. The molecule has 4 rings (SSSR count). The first-order valence-electron chi connectivity index (χ1n) is 9.83. The number of aryl methyl sites for hydroxylation is 1. The Bertz CT molecular complexity index is 892. The molecule has 2 aromatic rings. The van der Waals surface area contributed by atoms with Gasteiger partial charge in [-0.15, -0.1) is 0 Å². The average molecular weight is 365 g/mol. The van der Waals surface area contributed by atoms with E-state index in [0.717, 1.165) is 42.3 Å². The summed E-state index contributed by atoms with van der Waals surface area (Å²) in [7, 11) is 0. The van der Waals surface area contributed by atoms with Crippen LogP contribution in [0, 0.1) is 12.8 Å². The molecule has 142 valence electrons. The molecular weight excluding hydrogens is 338 g/mol. The molecule has 0 saturated carbocycles. The van der Waals surface area contributed by atoms with Gasteiger partial charge in [-0.05, 0) is 50.8 Å². The fraction of sp³-hybridized carbons (Fsp3) is 0.476. The summed E-state index contributed by atoms with van der Waals surface area (Å²) in [6.45, 7) is 10.3. The van der Waals surface area contributed by atoms with Crippen LogP contribution in [0.4, 0.5) is 11.6 Å². The maximum atomic E-state index is 12.9. The molecule has 2 aliphatic rings. The van der Waals surface area contributed by atoms with Crippen molar-refractivity contribution in [3.8, 4) is 0 Å². The first kappa shape index (κ1) is 17.8. The van der Waals surface area contributed by atoms with E-state index in [9.17, 15) is 4.79 Å². The molecule has 1 aliphatic carbocycles. The molecular formula is C21H27N5O. The number of nitrogens with zero attached hydrogens (tertiary/aromatic N) is 4. The third-order valence-corrected chi connectivity index (χ3v) is 5.57. The number of rotatable bonds is 4. The molecule has 2 atom stereocenters. The SMILES string of the molecule is CCN(CC)c1ccc([C@H]2C3=C(C[C@@H](C)CC3=O)Nc3nc(C)nn32)cc1. The summed E-state index contributed by atoms with van der Waals surface area (Å²) in [6, 6.07) is 8.33. The summed E-state index contributed by atoms with van der Waals surface area (Å²) in [5.41, 5.74) is 4.14. The lowest BCUT2D eigenvalue weighted by Gasteiger charge is -2.34. The number of Topliss-reactive ketones (excluding diaryl/α,β-unsaturated/α-hetero) is 1. The topological polar surface area (TPSA) is 63.1 Å². The van der Waals surface area contributed by atoms with Crippen LogP contribution >= 0.6 is 0 Å². The first-order chi connectivity index (χ1) is 13.0. The number of nitrogens with one attached hydrogen (secondary N) is 1. The molecule has 1 aliphatic heterocycles. The zero-order chi connectivity index (χ0) is 19.1. The minimum absolute atomic E-state index is 0.205. The monoisotopic (exact) mass is 365 g/mol. The normalized spacial score (nSPS) is 21.6. The summed E-state index contributed by atoms with van der Waals surface area (Å²) < 4.78 is 1.87. The predicted octanol–water partition coefficient (Wildman–Crippen LogP) is 3.70. The molecule has 1 aromatic heterocycles. The zero-order valence-electron chi connectivity index (χ0n) is 16.5. The number of fused-ring (bicyclic) bond motifs is 1. The largest absolute Gasteiger partial charge is 0.372 e. The van der Waals surface area contributed by atoms with E-state index in [0.29, 0.717) is 18.2 Å². The number of carbonyl (C=O) groups excluding carboxylic acids is 1. The lowest BCUT2D eigenvalue weighted by molar-refractivity contribution is -0.117. The Labute approximate surface area is 160 Å². The van der Waals surface area contributed by atoms with Crippen LogP contribution in [-0.4, -0.2) is 33.6 Å². The second-order valence-electron chi connectivity index (χ2n) is 7.55. The van der Waals surface area contributed by atoms with Crippen LogP contribution in [0.1, 0.15) is 51.0 Å². The molecule has 0 bridgehead atoms. The van der Waals surface area contributed by atoms with Gasteiger partial charge >= 0.3 is 0 Å². The minimum atomic E-state index is -0.205. The van der Waals surface area contributed by atoms with Gasteiger partial charge in [0.05, 0.1) is 0 Å². The fourth-order valence-electron chi connectivity index (χ4n) is 4.28. The lowest BCUT2D eigenvalue weighted by Crippen LogP contribution is -2.33. The quantitative estimate of drug-likeness (QED) is 0.895. The van der Waals surface area contributed by atoms with E-state index in [4.69, 9.17) is 0 Å². The van der Waals surface area contributed by atoms with E-state index in [2.05, 4.69) is 65.3 Å². The van der Waals surface area contributed by atoms with Crippen molar-refractivity contribution in [1.29, 1.82) is 0 Å². The predicted molar refractivity (Wildman–Crippen MR) is 107 cm³/mol. The highest BCUT2D eigenvalue weighted by atomic mass is 16.1. The van der Waals surface area contributed by atoms with Gasteiger partial charge in [0, 0.05) is 36.5 Å². The first-order valence-corrected chi connectivity index (χ1v) is 9.83. The Morgan fingerprint density at radius 2 is 1.89 bits per heavy atom. The van der Waals surface area contributed by atoms with E-state index >= 15 is 0 Å². The minimum Gasteiger partial charge on any atom is -0.372 e. The van der Waals surface area contributed by atoms with Gasteiger partial charge in [-0.2, -0.15) is 10.1 Å². The highest BCUT2D eigenvalue weighted by molar-refractivity contribution is 5.99. The van der Waals surface area contributed by atoms with Crippen LogP contribution in [-0.2, 0) is 4.79 Å². The van der Waals surface area contributed by atoms with Crippen molar-refractivity contribution in [1.82, 2.24) is 14.8 Å². The fourth-order valence-corrected chi connectivity index (χ4v) is 4.28. The average Bonchev–Trinajstić information content (AvgIpc) is 3.01. The Balaban J connectivity index is 1.80. The Morgan fingerprint density at radius 1 is 1.19 bits per heavy atom. The Morgan fingerprint density at radius 3 is 2.56 bits per heavy atom. The maximum absolute atomic E-state index is 12.9. The molecule has 27 heavy (non-hydrogen) atoms. The number of hydrogen-bond acceptors (Lipinski definition) is 5. The van der Waals surface area contributed by atoms with Gasteiger partial charge in [0.25, 0.3) is 0 Å². The van der Waals surface area contributed by atoms with Crippen molar-refractivity contribution in [3.05, 3.63) is 46.9 Å². The van der Waals surface area contributed by atoms with Crippen LogP contribution in [0.5, 0.6) is 0 Å². The third-order valence-electron chi connectivity index (χ3n) is 5.57. The molecule has 0 unspecified atom stereocenters. The lowest BCUT2D eigenvalue weighted by atomic mass is 9.81. The molecule has 0 amide bonds. The van der Waals surface area contributed by atoms with Crippen molar-refractivity contribution in [2.45, 2.75) is 46.6 Å². The van der Waals surface area contributed by atoms with Crippen molar-refractivity contribution in [3.63, 3.8) is 0 Å². The second-order valence-corrected chi connectivity index (χ2v) is 7.55. The van der Waals surface area contributed by atoms with Crippen LogP contribution in [0.3, 0.4) is 0 Å². The van der Waals surface area contributed by atoms with Crippen molar-refractivity contribution < 1.29 is 4.79 Å². The number of carbonyl (C=O) groups is 1. The van der Waals surface area contributed by atoms with Gasteiger partial charge in [-0.25, -0.2) is 4.68 Å². The van der Waals surface area contributed by atoms with E-state index in [-0.39, 0.29) is 11.8 Å². The molecule has 2 heterocycles. The molecule has 0 spiro atoms. The summed E-state index contributed by atoms with van der Waals surface area (Å²) in [5, 5.41) is 7.96. The van der Waals surface area contributed by atoms with Gasteiger partial charge in [0.2, 0.25) is 5.95 Å². The molecule has 0 saturated heterocycles.